The predicted octanol–water partition coefficient (Wildman–Crippen LogP) is 4.78. The van der Waals surface area contributed by atoms with E-state index >= 15 is 0 Å². The van der Waals surface area contributed by atoms with Crippen molar-refractivity contribution in [3.63, 3.8) is 0 Å². The van der Waals surface area contributed by atoms with Crippen molar-refractivity contribution in [1.82, 2.24) is 0 Å². The summed E-state index contributed by atoms with van der Waals surface area (Å²) in [5, 5.41) is 3.11. The molecule has 1 atom stereocenters. The van der Waals surface area contributed by atoms with Crippen LogP contribution in [0.25, 0.3) is 0 Å². The first kappa shape index (κ1) is 22.0. The maximum absolute atomic E-state index is 12.8. The zero-order valence-electron chi connectivity index (χ0n) is 17.6. The molecule has 0 fully saturated rings. The maximum Gasteiger partial charge on any atom is 0.329 e. The van der Waals surface area contributed by atoms with E-state index in [2.05, 4.69) is 5.32 Å². The highest BCUT2D eigenvalue weighted by molar-refractivity contribution is 6.01. The summed E-state index contributed by atoms with van der Waals surface area (Å²) in [6, 6.07) is 22.4. The van der Waals surface area contributed by atoms with Gasteiger partial charge in [0, 0.05) is 23.2 Å². The average molecular weight is 415 g/mol. The summed E-state index contributed by atoms with van der Waals surface area (Å²) in [5.74, 6) is -1.13. The van der Waals surface area contributed by atoms with Crippen molar-refractivity contribution in [2.75, 3.05) is 11.9 Å². The number of benzene rings is 3. The minimum atomic E-state index is -0.917. The molecule has 0 amide bonds. The monoisotopic (exact) mass is 415 g/mol. The van der Waals surface area contributed by atoms with Gasteiger partial charge in [-0.3, -0.25) is 9.59 Å². The van der Waals surface area contributed by atoms with Crippen LogP contribution in [0.5, 0.6) is 0 Å². The number of Topliss-reactive ketones (excluding diaryl/α,β-unsaturated/α-hetero) is 2. The molecule has 0 aliphatic rings. The summed E-state index contributed by atoms with van der Waals surface area (Å²) < 4.78 is 5.30. The van der Waals surface area contributed by atoms with Crippen LogP contribution in [0.1, 0.15) is 38.3 Å². The molecule has 0 heterocycles. The van der Waals surface area contributed by atoms with Crippen LogP contribution in [0.4, 0.5) is 5.69 Å². The predicted molar refractivity (Wildman–Crippen MR) is 120 cm³/mol. The summed E-state index contributed by atoms with van der Waals surface area (Å²) in [5.41, 5.74) is 3.69. The first-order valence-corrected chi connectivity index (χ1v) is 10.1. The van der Waals surface area contributed by atoms with Crippen molar-refractivity contribution in [2.45, 2.75) is 26.3 Å². The molecule has 3 aromatic carbocycles. The highest BCUT2D eigenvalue weighted by atomic mass is 16.5. The van der Waals surface area contributed by atoms with Gasteiger partial charge in [-0.15, -0.1) is 0 Å². The van der Waals surface area contributed by atoms with Crippen molar-refractivity contribution >= 4 is 23.2 Å². The van der Waals surface area contributed by atoms with Crippen LogP contribution < -0.4 is 5.32 Å². The molecule has 3 aromatic rings. The molecule has 0 unspecified atom stereocenters. The second-order valence-corrected chi connectivity index (χ2v) is 7.40. The number of ketones is 2. The van der Waals surface area contributed by atoms with E-state index in [1.807, 2.05) is 56.3 Å². The van der Waals surface area contributed by atoms with Crippen molar-refractivity contribution in [2.24, 2.45) is 0 Å². The van der Waals surface area contributed by atoms with Crippen LogP contribution >= 0.6 is 0 Å². The van der Waals surface area contributed by atoms with Gasteiger partial charge in [0.2, 0.25) is 0 Å². The average Bonchev–Trinajstić information content (AvgIpc) is 2.79. The van der Waals surface area contributed by atoms with Gasteiger partial charge in [-0.1, -0.05) is 78.4 Å². The summed E-state index contributed by atoms with van der Waals surface area (Å²) >= 11 is 0. The Morgan fingerprint density at radius 3 is 2.06 bits per heavy atom. The second kappa shape index (κ2) is 10.3. The molecule has 0 saturated heterocycles. The zero-order valence-corrected chi connectivity index (χ0v) is 17.6. The number of ether oxygens (including phenoxy) is 1. The smallest absolute Gasteiger partial charge is 0.329 e. The van der Waals surface area contributed by atoms with Crippen molar-refractivity contribution in [3.05, 3.63) is 101 Å². The topological polar surface area (TPSA) is 72.5 Å². The molecule has 3 rings (SSSR count). The maximum atomic E-state index is 12.8. The molecule has 0 radical (unpaired) electrons. The van der Waals surface area contributed by atoms with E-state index in [1.165, 1.54) is 0 Å². The number of carbonyl (C=O) groups is 3. The SMILES string of the molecule is Cc1ccc(C(=O)COC(=O)[C@@H](CC(=O)c2ccccc2)Nc2ccccc2C)cc1. The van der Waals surface area contributed by atoms with Crippen LogP contribution in [0.15, 0.2) is 78.9 Å². The van der Waals surface area contributed by atoms with Crippen LogP contribution in [0, 0.1) is 13.8 Å². The number of rotatable bonds is 9. The molecule has 0 bridgehead atoms. The Labute approximate surface area is 182 Å². The minimum Gasteiger partial charge on any atom is -0.456 e. The Kier molecular flexibility index (Phi) is 7.33. The van der Waals surface area contributed by atoms with Crippen molar-refractivity contribution < 1.29 is 19.1 Å². The van der Waals surface area contributed by atoms with Gasteiger partial charge in [0.15, 0.2) is 18.2 Å². The van der Waals surface area contributed by atoms with Crippen LogP contribution in [0.2, 0.25) is 0 Å². The Bertz CT molecular complexity index is 1060. The zero-order chi connectivity index (χ0) is 22.2. The summed E-state index contributed by atoms with van der Waals surface area (Å²) in [7, 11) is 0. The first-order valence-electron chi connectivity index (χ1n) is 10.1. The molecule has 0 saturated carbocycles. The number of para-hydroxylation sites is 1. The number of nitrogens with one attached hydrogen (secondary N) is 1. The van der Waals surface area contributed by atoms with Crippen LogP contribution in [-0.2, 0) is 9.53 Å². The molecule has 158 valence electrons. The highest BCUT2D eigenvalue weighted by Gasteiger charge is 2.25. The number of carbonyl (C=O) groups excluding carboxylic acids is 3. The van der Waals surface area contributed by atoms with E-state index in [4.69, 9.17) is 4.74 Å². The number of anilines is 1. The first-order chi connectivity index (χ1) is 14.9. The normalized spacial score (nSPS) is 11.4. The van der Waals surface area contributed by atoms with Crippen molar-refractivity contribution in [1.29, 1.82) is 0 Å². The lowest BCUT2D eigenvalue weighted by Crippen LogP contribution is -2.35. The van der Waals surface area contributed by atoms with Gasteiger partial charge in [-0.2, -0.15) is 0 Å². The molecule has 0 aliphatic heterocycles. The Balaban J connectivity index is 1.72. The molecule has 1 N–H and O–H groups in total. The number of aryl methyl sites for hydroxylation is 2. The van der Waals surface area contributed by atoms with E-state index in [9.17, 15) is 14.4 Å². The molecular formula is C26H25NO4. The fraction of sp³-hybridized carbons (Fsp3) is 0.192. The number of hydrogen-bond acceptors (Lipinski definition) is 5. The van der Waals surface area contributed by atoms with Gasteiger partial charge in [0.1, 0.15) is 6.04 Å². The quantitative estimate of drug-likeness (QED) is 0.402. The van der Waals surface area contributed by atoms with Gasteiger partial charge >= 0.3 is 5.97 Å². The van der Waals surface area contributed by atoms with Gasteiger partial charge in [0.25, 0.3) is 0 Å². The third-order valence-corrected chi connectivity index (χ3v) is 4.96. The lowest BCUT2D eigenvalue weighted by Gasteiger charge is -2.19. The fourth-order valence-electron chi connectivity index (χ4n) is 3.10. The Morgan fingerprint density at radius 2 is 1.39 bits per heavy atom. The van der Waals surface area contributed by atoms with E-state index in [-0.39, 0.29) is 24.6 Å². The lowest BCUT2D eigenvalue weighted by molar-refractivity contribution is -0.143. The molecule has 31 heavy (non-hydrogen) atoms. The lowest BCUT2D eigenvalue weighted by atomic mass is 10.0. The number of esters is 1. The summed E-state index contributed by atoms with van der Waals surface area (Å²) in [4.78, 5) is 37.9. The molecule has 0 spiro atoms. The minimum absolute atomic E-state index is 0.0874. The summed E-state index contributed by atoms with van der Waals surface area (Å²) in [6.45, 7) is 3.46. The molecular weight excluding hydrogens is 390 g/mol. The van der Waals surface area contributed by atoms with Gasteiger partial charge in [-0.25, -0.2) is 4.79 Å². The van der Waals surface area contributed by atoms with E-state index < -0.39 is 12.0 Å². The van der Waals surface area contributed by atoms with Gasteiger partial charge < -0.3 is 10.1 Å². The third kappa shape index (κ3) is 6.12. The Morgan fingerprint density at radius 1 is 0.774 bits per heavy atom. The Hall–Kier alpha value is -3.73. The largest absolute Gasteiger partial charge is 0.456 e. The number of hydrogen-bond donors (Lipinski definition) is 1. The van der Waals surface area contributed by atoms with Gasteiger partial charge in [0.05, 0.1) is 0 Å². The van der Waals surface area contributed by atoms with Gasteiger partial charge in [-0.05, 0) is 25.5 Å². The highest BCUT2D eigenvalue weighted by Crippen LogP contribution is 2.18. The third-order valence-electron chi connectivity index (χ3n) is 4.96. The van der Waals surface area contributed by atoms with Crippen LogP contribution in [-0.4, -0.2) is 30.2 Å². The van der Waals surface area contributed by atoms with E-state index in [1.54, 1.807) is 36.4 Å². The second-order valence-electron chi connectivity index (χ2n) is 7.40. The summed E-state index contributed by atoms with van der Waals surface area (Å²) in [6.07, 6.45) is -0.0874. The standard InChI is InChI=1S/C26H25NO4/c1-18-12-14-21(15-13-18)25(29)17-31-26(30)23(27-22-11-7-6-8-19(22)2)16-24(28)20-9-4-3-5-10-20/h3-15,23,27H,16-17H2,1-2H3/t23-/m1/s1. The van der Waals surface area contributed by atoms with E-state index in [0.29, 0.717) is 11.1 Å². The molecule has 0 aromatic heterocycles. The molecule has 5 nitrogen and oxygen atoms in total. The van der Waals surface area contributed by atoms with Crippen molar-refractivity contribution in [3.8, 4) is 0 Å². The fourth-order valence-corrected chi connectivity index (χ4v) is 3.10. The van der Waals surface area contributed by atoms with E-state index in [0.717, 1.165) is 16.8 Å². The van der Waals surface area contributed by atoms with Crippen LogP contribution in [0.3, 0.4) is 0 Å². The molecule has 0 aliphatic carbocycles. The molecule has 5 heteroatoms.